The highest BCUT2D eigenvalue weighted by atomic mass is 16.6. The Hall–Kier alpha value is -2.43. The Labute approximate surface area is 117 Å². The number of benzene rings is 1. The van der Waals surface area contributed by atoms with Gasteiger partial charge in [0, 0.05) is 35.4 Å². The van der Waals surface area contributed by atoms with E-state index < -0.39 is 0 Å². The van der Waals surface area contributed by atoms with Crippen LogP contribution in [-0.4, -0.2) is 16.5 Å². The number of nitro groups is 1. The number of aromatic nitrogens is 1. The smallest absolute Gasteiger partial charge is 0.270 e. The molecule has 0 aliphatic carbocycles. The van der Waals surface area contributed by atoms with Crippen molar-refractivity contribution < 1.29 is 4.92 Å². The number of hydrogen-bond acceptors (Lipinski definition) is 4. The summed E-state index contributed by atoms with van der Waals surface area (Å²) in [5, 5.41) is 15.0. The Morgan fingerprint density at radius 2 is 2.20 bits per heavy atom. The molecule has 20 heavy (non-hydrogen) atoms. The number of nitrogens with zero attached hydrogens (tertiary/aromatic N) is 2. The molecule has 0 radical (unpaired) electrons. The van der Waals surface area contributed by atoms with Gasteiger partial charge in [-0.1, -0.05) is 12.2 Å². The topological polar surface area (TPSA) is 68.1 Å². The van der Waals surface area contributed by atoms with Crippen LogP contribution >= 0.6 is 0 Å². The number of aryl methyl sites for hydroxylation is 1. The molecular weight excluding hydrogens is 254 g/mol. The van der Waals surface area contributed by atoms with E-state index in [1.807, 2.05) is 26.0 Å². The lowest BCUT2D eigenvalue weighted by Gasteiger charge is -2.09. The van der Waals surface area contributed by atoms with Crippen molar-refractivity contribution in [2.45, 2.75) is 20.3 Å². The number of rotatable bonds is 5. The quantitative estimate of drug-likeness (QED) is 0.388. The van der Waals surface area contributed by atoms with Gasteiger partial charge in [-0.05, 0) is 32.4 Å². The molecule has 1 aromatic heterocycles. The highest BCUT2D eigenvalue weighted by Gasteiger charge is 2.10. The highest BCUT2D eigenvalue weighted by Crippen LogP contribution is 2.27. The summed E-state index contributed by atoms with van der Waals surface area (Å²) in [5.74, 6) is 0. The van der Waals surface area contributed by atoms with E-state index in [2.05, 4.69) is 16.4 Å². The molecule has 0 aliphatic rings. The van der Waals surface area contributed by atoms with Crippen LogP contribution in [-0.2, 0) is 0 Å². The number of hydrogen-bond donors (Lipinski definition) is 1. The lowest BCUT2D eigenvalue weighted by atomic mass is 10.1. The van der Waals surface area contributed by atoms with Gasteiger partial charge < -0.3 is 5.32 Å². The summed E-state index contributed by atoms with van der Waals surface area (Å²) in [4.78, 5) is 14.9. The molecule has 2 rings (SSSR count). The fourth-order valence-electron chi connectivity index (χ4n) is 2.06. The standard InChI is InChI=1S/C15H17N3O2/c1-3-4-5-8-16-15-9-11(2)17-14-7-6-12(18(19)20)10-13(14)15/h3-4,6-7,9-10H,5,8H2,1-2H3,(H,16,17)/b4-3+. The van der Waals surface area contributed by atoms with E-state index in [1.54, 1.807) is 12.1 Å². The predicted octanol–water partition coefficient (Wildman–Crippen LogP) is 3.83. The van der Waals surface area contributed by atoms with Crippen molar-refractivity contribution in [3.8, 4) is 0 Å². The minimum Gasteiger partial charge on any atom is -0.384 e. The van der Waals surface area contributed by atoms with E-state index in [0.29, 0.717) is 0 Å². The second-order valence-electron chi connectivity index (χ2n) is 4.55. The molecule has 1 aromatic carbocycles. The van der Waals surface area contributed by atoms with Crippen LogP contribution in [0.2, 0.25) is 0 Å². The van der Waals surface area contributed by atoms with E-state index in [1.165, 1.54) is 6.07 Å². The number of anilines is 1. The van der Waals surface area contributed by atoms with Gasteiger partial charge in [0.25, 0.3) is 5.69 Å². The lowest BCUT2D eigenvalue weighted by Crippen LogP contribution is -2.02. The first-order valence-electron chi connectivity index (χ1n) is 6.52. The van der Waals surface area contributed by atoms with Crippen LogP contribution in [0.5, 0.6) is 0 Å². The van der Waals surface area contributed by atoms with Crippen LogP contribution in [0, 0.1) is 17.0 Å². The number of allylic oxidation sites excluding steroid dienone is 1. The van der Waals surface area contributed by atoms with Gasteiger partial charge in [0.2, 0.25) is 0 Å². The maximum absolute atomic E-state index is 10.9. The molecular formula is C15H17N3O2. The zero-order valence-corrected chi connectivity index (χ0v) is 11.6. The van der Waals surface area contributed by atoms with E-state index in [4.69, 9.17) is 0 Å². The number of fused-ring (bicyclic) bond motifs is 1. The molecule has 0 aliphatic heterocycles. The average molecular weight is 271 g/mol. The van der Waals surface area contributed by atoms with Gasteiger partial charge >= 0.3 is 0 Å². The van der Waals surface area contributed by atoms with Gasteiger partial charge in [-0.25, -0.2) is 0 Å². The SMILES string of the molecule is C/C=C/CCNc1cc(C)nc2ccc([N+](=O)[O-])cc12. The Morgan fingerprint density at radius 1 is 1.40 bits per heavy atom. The molecule has 0 saturated carbocycles. The van der Waals surface area contributed by atoms with Gasteiger partial charge in [0.1, 0.15) is 0 Å². The van der Waals surface area contributed by atoms with Gasteiger partial charge in [-0.15, -0.1) is 0 Å². The minimum absolute atomic E-state index is 0.0830. The van der Waals surface area contributed by atoms with Crippen LogP contribution in [0.15, 0.2) is 36.4 Å². The summed E-state index contributed by atoms with van der Waals surface area (Å²) in [5.41, 5.74) is 2.63. The molecule has 5 nitrogen and oxygen atoms in total. The maximum Gasteiger partial charge on any atom is 0.270 e. The number of non-ortho nitro benzene ring substituents is 1. The molecule has 0 bridgehead atoms. The third kappa shape index (κ3) is 3.12. The summed E-state index contributed by atoms with van der Waals surface area (Å²) in [6.07, 6.45) is 4.99. The molecule has 0 spiro atoms. The van der Waals surface area contributed by atoms with Crippen molar-refractivity contribution in [3.05, 3.63) is 52.2 Å². The monoisotopic (exact) mass is 271 g/mol. The molecule has 0 saturated heterocycles. The van der Waals surface area contributed by atoms with Gasteiger partial charge in [0.05, 0.1) is 10.4 Å². The van der Waals surface area contributed by atoms with Crippen molar-refractivity contribution in [1.29, 1.82) is 0 Å². The molecule has 0 atom stereocenters. The summed E-state index contributed by atoms with van der Waals surface area (Å²) < 4.78 is 0. The van der Waals surface area contributed by atoms with Crippen LogP contribution in [0.4, 0.5) is 11.4 Å². The van der Waals surface area contributed by atoms with Gasteiger partial charge in [0.15, 0.2) is 0 Å². The lowest BCUT2D eigenvalue weighted by molar-refractivity contribution is -0.384. The molecule has 5 heteroatoms. The van der Waals surface area contributed by atoms with Crippen molar-refractivity contribution in [2.24, 2.45) is 0 Å². The van der Waals surface area contributed by atoms with Crippen LogP contribution in [0.3, 0.4) is 0 Å². The van der Waals surface area contributed by atoms with Crippen LogP contribution < -0.4 is 5.32 Å². The Balaban J connectivity index is 2.39. The van der Waals surface area contributed by atoms with Crippen LogP contribution in [0.1, 0.15) is 19.0 Å². The number of pyridine rings is 1. The third-order valence-electron chi connectivity index (χ3n) is 2.99. The van der Waals surface area contributed by atoms with Crippen molar-refractivity contribution >= 4 is 22.3 Å². The number of nitro benzene ring substituents is 1. The van der Waals surface area contributed by atoms with Crippen molar-refractivity contribution in [3.63, 3.8) is 0 Å². The Bertz CT molecular complexity index is 665. The van der Waals surface area contributed by atoms with E-state index in [9.17, 15) is 10.1 Å². The Morgan fingerprint density at radius 3 is 2.90 bits per heavy atom. The molecule has 0 amide bonds. The van der Waals surface area contributed by atoms with Crippen molar-refractivity contribution in [1.82, 2.24) is 4.98 Å². The maximum atomic E-state index is 10.9. The average Bonchev–Trinajstić information content (AvgIpc) is 2.42. The largest absolute Gasteiger partial charge is 0.384 e. The first-order valence-corrected chi connectivity index (χ1v) is 6.52. The molecule has 104 valence electrons. The van der Waals surface area contributed by atoms with E-state index in [0.717, 1.165) is 35.2 Å². The number of nitrogens with one attached hydrogen (secondary N) is 1. The summed E-state index contributed by atoms with van der Waals surface area (Å²) >= 11 is 0. The Kier molecular flexibility index (Phi) is 4.30. The first kappa shape index (κ1) is 14.0. The second-order valence-corrected chi connectivity index (χ2v) is 4.55. The van der Waals surface area contributed by atoms with E-state index >= 15 is 0 Å². The molecule has 0 fully saturated rings. The minimum atomic E-state index is -0.386. The molecule has 2 aromatic rings. The zero-order valence-electron chi connectivity index (χ0n) is 11.6. The summed E-state index contributed by atoms with van der Waals surface area (Å²) in [6.45, 7) is 4.68. The van der Waals surface area contributed by atoms with Crippen molar-refractivity contribution in [2.75, 3.05) is 11.9 Å². The fraction of sp³-hybridized carbons (Fsp3) is 0.267. The predicted molar refractivity (Wildman–Crippen MR) is 81.1 cm³/mol. The normalized spacial score (nSPS) is 11.1. The van der Waals surface area contributed by atoms with Gasteiger partial charge in [-0.3, -0.25) is 15.1 Å². The van der Waals surface area contributed by atoms with E-state index in [-0.39, 0.29) is 10.6 Å². The molecule has 1 heterocycles. The third-order valence-corrected chi connectivity index (χ3v) is 2.99. The second kappa shape index (κ2) is 6.14. The van der Waals surface area contributed by atoms with Crippen LogP contribution in [0.25, 0.3) is 10.9 Å². The fourth-order valence-corrected chi connectivity index (χ4v) is 2.06. The zero-order chi connectivity index (χ0) is 14.5. The molecule has 1 N–H and O–H groups in total. The summed E-state index contributed by atoms with van der Waals surface area (Å²) in [6, 6.07) is 6.66. The first-order chi connectivity index (χ1) is 9.61. The summed E-state index contributed by atoms with van der Waals surface area (Å²) in [7, 11) is 0. The van der Waals surface area contributed by atoms with Gasteiger partial charge in [-0.2, -0.15) is 0 Å². The molecule has 0 unspecified atom stereocenters. The highest BCUT2D eigenvalue weighted by molar-refractivity contribution is 5.93.